The second-order valence-electron chi connectivity index (χ2n) is 6.33. The lowest BCUT2D eigenvalue weighted by Crippen LogP contribution is -2.30. The SMILES string of the molecule is CCN1C(=O)C(=Cc2ccc(OCc3cccc([N+](=O)[O-])c3)c(Cl)c2)N(C)C1=S. The maximum atomic E-state index is 12.5. The molecule has 3 rings (SSSR count). The molecule has 1 aliphatic heterocycles. The molecule has 0 aliphatic carbocycles. The van der Waals surface area contributed by atoms with Crippen molar-refractivity contribution in [1.29, 1.82) is 0 Å². The van der Waals surface area contributed by atoms with Crippen LogP contribution in [0.5, 0.6) is 5.75 Å². The van der Waals surface area contributed by atoms with Gasteiger partial charge in [-0.15, -0.1) is 0 Å². The standard InChI is InChI=1S/C20H18ClN3O4S/c1-3-23-19(25)17(22(2)20(23)29)11-13-7-8-18(16(21)10-13)28-12-14-5-4-6-15(9-14)24(26)27/h4-11H,3,12H2,1-2H3. The fourth-order valence-corrected chi connectivity index (χ4v) is 3.45. The summed E-state index contributed by atoms with van der Waals surface area (Å²) in [5.74, 6) is 0.291. The van der Waals surface area contributed by atoms with Crippen LogP contribution < -0.4 is 4.74 Å². The van der Waals surface area contributed by atoms with Crippen molar-refractivity contribution in [3.63, 3.8) is 0 Å². The van der Waals surface area contributed by atoms with E-state index in [1.54, 1.807) is 48.4 Å². The van der Waals surface area contributed by atoms with E-state index in [1.807, 2.05) is 6.92 Å². The van der Waals surface area contributed by atoms with Gasteiger partial charge in [0.25, 0.3) is 11.6 Å². The predicted octanol–water partition coefficient (Wildman–Crippen LogP) is 4.25. The molecule has 150 valence electrons. The lowest BCUT2D eigenvalue weighted by molar-refractivity contribution is -0.384. The number of carbonyl (C=O) groups is 1. The van der Waals surface area contributed by atoms with Crippen molar-refractivity contribution in [3.8, 4) is 5.75 Å². The normalized spacial score (nSPS) is 15.3. The number of rotatable bonds is 6. The van der Waals surface area contributed by atoms with Crippen molar-refractivity contribution >= 4 is 46.6 Å². The minimum atomic E-state index is -0.453. The van der Waals surface area contributed by atoms with Gasteiger partial charge < -0.3 is 9.64 Å². The number of nitro groups is 1. The molecule has 0 saturated carbocycles. The second-order valence-corrected chi connectivity index (χ2v) is 7.10. The summed E-state index contributed by atoms with van der Waals surface area (Å²) >= 11 is 11.6. The number of nitro benzene ring substituents is 1. The van der Waals surface area contributed by atoms with Crippen LogP contribution in [-0.4, -0.2) is 39.3 Å². The van der Waals surface area contributed by atoms with Gasteiger partial charge in [0.2, 0.25) is 0 Å². The summed E-state index contributed by atoms with van der Waals surface area (Å²) in [6, 6.07) is 11.4. The van der Waals surface area contributed by atoms with Gasteiger partial charge in [-0.05, 0) is 48.5 Å². The van der Waals surface area contributed by atoms with Gasteiger partial charge in [0.15, 0.2) is 5.11 Å². The van der Waals surface area contributed by atoms with Crippen LogP contribution in [0.3, 0.4) is 0 Å². The zero-order valence-electron chi connectivity index (χ0n) is 15.8. The van der Waals surface area contributed by atoms with E-state index in [1.165, 1.54) is 17.0 Å². The van der Waals surface area contributed by atoms with E-state index in [-0.39, 0.29) is 18.2 Å². The number of carbonyl (C=O) groups excluding carboxylic acids is 1. The zero-order valence-corrected chi connectivity index (χ0v) is 17.4. The lowest BCUT2D eigenvalue weighted by atomic mass is 10.1. The third kappa shape index (κ3) is 4.38. The third-order valence-electron chi connectivity index (χ3n) is 4.43. The summed E-state index contributed by atoms with van der Waals surface area (Å²) in [5.41, 5.74) is 1.86. The Morgan fingerprint density at radius 3 is 2.66 bits per heavy atom. The highest BCUT2D eigenvalue weighted by Crippen LogP contribution is 2.29. The highest BCUT2D eigenvalue weighted by atomic mass is 35.5. The number of hydrogen-bond donors (Lipinski definition) is 0. The summed E-state index contributed by atoms with van der Waals surface area (Å²) in [7, 11) is 1.75. The fraction of sp³-hybridized carbons (Fsp3) is 0.200. The van der Waals surface area contributed by atoms with Crippen LogP contribution in [0.15, 0.2) is 48.2 Å². The molecule has 0 aromatic heterocycles. The number of likely N-dealkylation sites (N-methyl/N-ethyl adjacent to an activating group) is 2. The lowest BCUT2D eigenvalue weighted by Gasteiger charge is -2.13. The summed E-state index contributed by atoms with van der Waals surface area (Å²) < 4.78 is 5.69. The second kappa shape index (κ2) is 8.59. The molecule has 0 bridgehead atoms. The van der Waals surface area contributed by atoms with Crippen LogP contribution >= 0.6 is 23.8 Å². The average Bonchev–Trinajstić information content (AvgIpc) is 2.90. The Bertz CT molecular complexity index is 1020. The predicted molar refractivity (Wildman–Crippen MR) is 115 cm³/mol. The van der Waals surface area contributed by atoms with Crippen molar-refractivity contribution in [2.75, 3.05) is 13.6 Å². The molecule has 1 amide bonds. The van der Waals surface area contributed by atoms with Crippen LogP contribution in [0.25, 0.3) is 6.08 Å². The molecule has 0 N–H and O–H groups in total. The highest BCUT2D eigenvalue weighted by molar-refractivity contribution is 7.80. The molecular weight excluding hydrogens is 414 g/mol. The minimum Gasteiger partial charge on any atom is -0.487 e. The first-order valence-electron chi connectivity index (χ1n) is 8.78. The molecule has 7 nitrogen and oxygen atoms in total. The van der Waals surface area contributed by atoms with Gasteiger partial charge in [0.05, 0.1) is 9.95 Å². The molecule has 29 heavy (non-hydrogen) atoms. The number of ether oxygens (including phenoxy) is 1. The molecule has 2 aromatic rings. The number of amides is 1. The van der Waals surface area contributed by atoms with Crippen molar-refractivity contribution in [3.05, 3.63) is 74.4 Å². The zero-order chi connectivity index (χ0) is 21.1. The minimum absolute atomic E-state index is 0.00329. The number of non-ortho nitro benzene ring substituents is 1. The molecule has 1 fully saturated rings. The van der Waals surface area contributed by atoms with E-state index in [0.717, 1.165) is 5.56 Å². The Labute approximate surface area is 178 Å². The quantitative estimate of drug-likeness (QED) is 0.294. The fourth-order valence-electron chi connectivity index (χ4n) is 2.89. The molecule has 1 heterocycles. The number of thiocarbonyl (C=S) groups is 1. The Morgan fingerprint density at radius 1 is 1.28 bits per heavy atom. The monoisotopic (exact) mass is 431 g/mol. The third-order valence-corrected chi connectivity index (χ3v) is 5.22. The highest BCUT2D eigenvalue weighted by Gasteiger charge is 2.34. The summed E-state index contributed by atoms with van der Waals surface area (Å²) in [6.45, 7) is 2.51. The topological polar surface area (TPSA) is 75.9 Å². The molecule has 0 unspecified atom stereocenters. The van der Waals surface area contributed by atoms with E-state index in [9.17, 15) is 14.9 Å². The number of nitrogens with zero attached hydrogens (tertiary/aromatic N) is 3. The van der Waals surface area contributed by atoms with E-state index in [4.69, 9.17) is 28.6 Å². The van der Waals surface area contributed by atoms with E-state index >= 15 is 0 Å². The first-order valence-corrected chi connectivity index (χ1v) is 9.57. The number of benzene rings is 2. The van der Waals surface area contributed by atoms with Crippen LogP contribution in [0.1, 0.15) is 18.1 Å². The van der Waals surface area contributed by atoms with Crippen LogP contribution in [-0.2, 0) is 11.4 Å². The molecule has 1 aliphatic rings. The summed E-state index contributed by atoms with van der Waals surface area (Å²) in [5, 5.41) is 11.7. The van der Waals surface area contributed by atoms with Gasteiger partial charge >= 0.3 is 0 Å². The molecule has 0 radical (unpaired) electrons. The average molecular weight is 432 g/mol. The molecule has 9 heteroatoms. The van der Waals surface area contributed by atoms with Crippen LogP contribution in [0.2, 0.25) is 5.02 Å². The van der Waals surface area contributed by atoms with Gasteiger partial charge in [-0.3, -0.25) is 19.8 Å². The van der Waals surface area contributed by atoms with E-state index in [0.29, 0.717) is 33.7 Å². The van der Waals surface area contributed by atoms with Gasteiger partial charge in [0, 0.05) is 25.7 Å². The maximum absolute atomic E-state index is 12.5. The molecule has 2 aromatic carbocycles. The van der Waals surface area contributed by atoms with Crippen LogP contribution in [0.4, 0.5) is 5.69 Å². The molecule has 0 atom stereocenters. The van der Waals surface area contributed by atoms with E-state index < -0.39 is 4.92 Å². The van der Waals surface area contributed by atoms with E-state index in [2.05, 4.69) is 0 Å². The summed E-state index contributed by atoms with van der Waals surface area (Å²) in [4.78, 5) is 26.1. The number of halogens is 1. The molecule has 1 saturated heterocycles. The van der Waals surface area contributed by atoms with Gasteiger partial charge in [-0.2, -0.15) is 0 Å². The Hall–Kier alpha value is -2.97. The molecule has 0 spiro atoms. The number of hydrogen-bond acceptors (Lipinski definition) is 5. The Kier molecular flexibility index (Phi) is 6.14. The first kappa shape index (κ1) is 20.8. The first-order chi connectivity index (χ1) is 13.8. The van der Waals surface area contributed by atoms with Crippen molar-refractivity contribution < 1.29 is 14.5 Å². The largest absolute Gasteiger partial charge is 0.487 e. The Morgan fingerprint density at radius 2 is 2.03 bits per heavy atom. The maximum Gasteiger partial charge on any atom is 0.276 e. The Balaban J connectivity index is 1.76. The van der Waals surface area contributed by atoms with Crippen LogP contribution in [0, 0.1) is 10.1 Å². The smallest absolute Gasteiger partial charge is 0.276 e. The van der Waals surface area contributed by atoms with Crippen molar-refractivity contribution in [2.45, 2.75) is 13.5 Å². The van der Waals surface area contributed by atoms with Gasteiger partial charge in [-0.1, -0.05) is 29.8 Å². The van der Waals surface area contributed by atoms with Gasteiger partial charge in [-0.25, -0.2) is 0 Å². The van der Waals surface area contributed by atoms with Crippen molar-refractivity contribution in [2.24, 2.45) is 0 Å². The van der Waals surface area contributed by atoms with Gasteiger partial charge in [0.1, 0.15) is 18.1 Å². The van der Waals surface area contributed by atoms with Crippen molar-refractivity contribution in [1.82, 2.24) is 9.80 Å². The summed E-state index contributed by atoms with van der Waals surface area (Å²) in [6.07, 6.45) is 1.72. The molecular formula is C20H18ClN3O4S.